The number of rotatable bonds is 2. The number of esters is 1. The summed E-state index contributed by atoms with van der Waals surface area (Å²) in [5.74, 6) is 0.401. The molecule has 0 radical (unpaired) electrons. The van der Waals surface area contributed by atoms with Gasteiger partial charge in [-0.25, -0.2) is 4.79 Å². The second kappa shape index (κ2) is 5.12. The largest absolute Gasteiger partial charge is 0.465 e. The Morgan fingerprint density at radius 2 is 2.25 bits per heavy atom. The zero-order chi connectivity index (χ0) is 14.1. The highest BCUT2D eigenvalue weighted by Crippen LogP contribution is 2.30. The smallest absolute Gasteiger partial charge is 0.337 e. The number of fused-ring (bicyclic) bond motifs is 1. The first-order chi connectivity index (χ1) is 9.69. The van der Waals surface area contributed by atoms with Gasteiger partial charge in [0, 0.05) is 30.4 Å². The third-order valence-corrected chi connectivity index (χ3v) is 3.90. The monoisotopic (exact) mass is 270 g/mol. The molecule has 0 saturated carbocycles. The fourth-order valence-corrected chi connectivity index (χ4v) is 2.81. The van der Waals surface area contributed by atoms with E-state index in [4.69, 9.17) is 4.74 Å². The Balaban J connectivity index is 2.09. The first-order valence-corrected chi connectivity index (χ1v) is 6.91. The van der Waals surface area contributed by atoms with Gasteiger partial charge >= 0.3 is 5.97 Å². The molecule has 20 heavy (non-hydrogen) atoms. The zero-order valence-electron chi connectivity index (χ0n) is 11.8. The van der Waals surface area contributed by atoms with Crippen LogP contribution in [0.3, 0.4) is 0 Å². The van der Waals surface area contributed by atoms with Crippen molar-refractivity contribution in [2.45, 2.75) is 13.3 Å². The maximum Gasteiger partial charge on any atom is 0.337 e. The lowest BCUT2D eigenvalue weighted by Gasteiger charge is -2.20. The van der Waals surface area contributed by atoms with Crippen LogP contribution in [0.4, 0.5) is 5.69 Å². The Morgan fingerprint density at radius 1 is 1.40 bits per heavy atom. The molecule has 2 heterocycles. The van der Waals surface area contributed by atoms with E-state index in [1.165, 1.54) is 13.5 Å². The van der Waals surface area contributed by atoms with Crippen LogP contribution in [0.5, 0.6) is 0 Å². The van der Waals surface area contributed by atoms with Crippen molar-refractivity contribution >= 4 is 22.6 Å². The van der Waals surface area contributed by atoms with Gasteiger partial charge in [0.1, 0.15) is 0 Å². The number of anilines is 1. The molecule has 0 amide bonds. The van der Waals surface area contributed by atoms with E-state index in [0.717, 1.165) is 29.7 Å². The molecule has 0 aliphatic carbocycles. The van der Waals surface area contributed by atoms with Crippen molar-refractivity contribution in [2.24, 2.45) is 5.92 Å². The molecule has 0 bridgehead atoms. The van der Waals surface area contributed by atoms with Crippen molar-refractivity contribution < 1.29 is 9.53 Å². The molecule has 1 fully saturated rings. The van der Waals surface area contributed by atoms with Crippen molar-refractivity contribution in [2.75, 3.05) is 25.1 Å². The predicted octanol–water partition coefficient (Wildman–Crippen LogP) is 2.87. The van der Waals surface area contributed by atoms with Crippen LogP contribution < -0.4 is 4.90 Å². The Bertz CT molecular complexity index is 654. The average molecular weight is 270 g/mol. The van der Waals surface area contributed by atoms with Crippen molar-refractivity contribution in [3.05, 3.63) is 36.0 Å². The van der Waals surface area contributed by atoms with Gasteiger partial charge in [0.25, 0.3) is 0 Å². The van der Waals surface area contributed by atoms with Crippen LogP contribution in [-0.4, -0.2) is 31.2 Å². The summed E-state index contributed by atoms with van der Waals surface area (Å²) in [6.07, 6.45) is 3.04. The number of carbonyl (C=O) groups excluding carboxylic acids is 1. The molecule has 0 spiro atoms. The van der Waals surface area contributed by atoms with E-state index in [-0.39, 0.29) is 5.97 Å². The number of hydrogen-bond donors (Lipinski definition) is 0. The van der Waals surface area contributed by atoms with Gasteiger partial charge in [0.05, 0.1) is 18.2 Å². The molecule has 2 aromatic rings. The minimum atomic E-state index is -0.309. The van der Waals surface area contributed by atoms with Crippen molar-refractivity contribution in [1.82, 2.24) is 4.98 Å². The van der Waals surface area contributed by atoms with Gasteiger partial charge in [-0.3, -0.25) is 4.98 Å². The summed E-state index contributed by atoms with van der Waals surface area (Å²) in [4.78, 5) is 18.4. The predicted molar refractivity (Wildman–Crippen MR) is 79.1 cm³/mol. The molecule has 1 atom stereocenters. The number of aromatic nitrogens is 1. The van der Waals surface area contributed by atoms with Gasteiger partial charge in [0.15, 0.2) is 0 Å². The normalized spacial score (nSPS) is 18.5. The van der Waals surface area contributed by atoms with E-state index in [2.05, 4.69) is 16.8 Å². The number of carbonyl (C=O) groups is 1. The van der Waals surface area contributed by atoms with Crippen LogP contribution in [0.15, 0.2) is 30.5 Å². The van der Waals surface area contributed by atoms with Crippen LogP contribution >= 0.6 is 0 Å². The van der Waals surface area contributed by atoms with Crippen molar-refractivity contribution in [3.63, 3.8) is 0 Å². The first-order valence-electron chi connectivity index (χ1n) is 6.91. The van der Waals surface area contributed by atoms with E-state index >= 15 is 0 Å². The lowest BCUT2D eigenvalue weighted by molar-refractivity contribution is 0.0601. The molecule has 104 valence electrons. The van der Waals surface area contributed by atoms with E-state index in [9.17, 15) is 4.79 Å². The van der Waals surface area contributed by atoms with E-state index < -0.39 is 0 Å². The number of pyridine rings is 1. The zero-order valence-corrected chi connectivity index (χ0v) is 11.8. The fraction of sp³-hybridized carbons (Fsp3) is 0.375. The summed E-state index contributed by atoms with van der Waals surface area (Å²) >= 11 is 0. The van der Waals surface area contributed by atoms with Gasteiger partial charge in [-0.05, 0) is 36.6 Å². The van der Waals surface area contributed by atoms with Crippen molar-refractivity contribution in [1.29, 1.82) is 0 Å². The Morgan fingerprint density at radius 3 is 2.95 bits per heavy atom. The molecular weight excluding hydrogens is 252 g/mol. The molecule has 3 rings (SSSR count). The van der Waals surface area contributed by atoms with Gasteiger partial charge in [0.2, 0.25) is 0 Å². The SMILES string of the molecule is COC(=O)c1ccc2nccc(N3CCC(C)C3)c2c1. The van der Waals surface area contributed by atoms with Crippen molar-refractivity contribution in [3.8, 4) is 0 Å². The van der Waals surface area contributed by atoms with E-state index in [1.54, 1.807) is 6.07 Å². The second-order valence-electron chi connectivity index (χ2n) is 5.39. The highest BCUT2D eigenvalue weighted by atomic mass is 16.5. The maximum atomic E-state index is 11.7. The van der Waals surface area contributed by atoms with E-state index in [0.29, 0.717) is 11.5 Å². The molecular formula is C16H18N2O2. The standard InChI is InChI=1S/C16H18N2O2/c1-11-6-8-18(10-11)15-5-7-17-14-4-3-12(9-13(14)15)16(19)20-2/h3-5,7,9,11H,6,8,10H2,1-2H3. The fourth-order valence-electron chi connectivity index (χ4n) is 2.81. The quantitative estimate of drug-likeness (QED) is 0.787. The number of ether oxygens (including phenoxy) is 1. The Labute approximate surface area is 118 Å². The number of methoxy groups -OCH3 is 1. The van der Waals surface area contributed by atoms with Gasteiger partial charge in [-0.2, -0.15) is 0 Å². The van der Waals surface area contributed by atoms with Gasteiger partial charge in [-0.1, -0.05) is 6.92 Å². The minimum Gasteiger partial charge on any atom is -0.465 e. The lowest BCUT2D eigenvalue weighted by atomic mass is 10.1. The summed E-state index contributed by atoms with van der Waals surface area (Å²) in [5.41, 5.74) is 2.64. The van der Waals surface area contributed by atoms with Crippen LogP contribution in [0, 0.1) is 5.92 Å². The molecule has 4 nitrogen and oxygen atoms in total. The van der Waals surface area contributed by atoms with E-state index in [1.807, 2.05) is 24.4 Å². The Hall–Kier alpha value is -2.10. The number of nitrogens with zero attached hydrogens (tertiary/aromatic N) is 2. The summed E-state index contributed by atoms with van der Waals surface area (Å²) in [5, 5.41) is 1.02. The third kappa shape index (κ3) is 2.22. The van der Waals surface area contributed by atoms with Crippen LogP contribution in [0.25, 0.3) is 10.9 Å². The topological polar surface area (TPSA) is 42.4 Å². The minimum absolute atomic E-state index is 0.309. The summed E-state index contributed by atoms with van der Waals surface area (Å²) in [6, 6.07) is 7.55. The number of benzene rings is 1. The molecule has 4 heteroatoms. The van der Waals surface area contributed by atoms with Crippen LogP contribution in [-0.2, 0) is 4.74 Å². The van der Waals surface area contributed by atoms with Crippen LogP contribution in [0.2, 0.25) is 0 Å². The third-order valence-electron chi connectivity index (χ3n) is 3.90. The molecule has 1 aromatic carbocycles. The Kier molecular flexibility index (Phi) is 3.30. The first kappa shape index (κ1) is 12.9. The molecule has 1 aromatic heterocycles. The summed E-state index contributed by atoms with van der Waals surface area (Å²) in [6.45, 7) is 4.38. The second-order valence-corrected chi connectivity index (χ2v) is 5.39. The van der Waals surface area contributed by atoms with Gasteiger partial charge in [-0.15, -0.1) is 0 Å². The highest BCUT2D eigenvalue weighted by molar-refractivity contribution is 5.99. The molecule has 1 saturated heterocycles. The van der Waals surface area contributed by atoms with Crippen LogP contribution in [0.1, 0.15) is 23.7 Å². The number of hydrogen-bond acceptors (Lipinski definition) is 4. The summed E-state index contributed by atoms with van der Waals surface area (Å²) < 4.78 is 4.79. The molecule has 1 aliphatic rings. The average Bonchev–Trinajstić information content (AvgIpc) is 2.91. The molecule has 1 unspecified atom stereocenters. The van der Waals surface area contributed by atoms with Gasteiger partial charge < -0.3 is 9.64 Å². The maximum absolute atomic E-state index is 11.7. The lowest BCUT2D eigenvalue weighted by Crippen LogP contribution is -2.19. The summed E-state index contributed by atoms with van der Waals surface area (Å²) in [7, 11) is 1.40. The molecule has 0 N–H and O–H groups in total. The highest BCUT2D eigenvalue weighted by Gasteiger charge is 2.21. The molecule has 1 aliphatic heterocycles.